The highest BCUT2D eigenvalue weighted by molar-refractivity contribution is 9.10. The Balaban J connectivity index is 1.84. The molecule has 0 aliphatic rings. The maximum Gasteiger partial charge on any atom is 0.256 e. The van der Waals surface area contributed by atoms with Crippen LogP contribution in [0.2, 0.25) is 0 Å². The van der Waals surface area contributed by atoms with E-state index in [1.54, 1.807) is 0 Å². The van der Waals surface area contributed by atoms with E-state index in [-0.39, 0.29) is 5.91 Å². The van der Waals surface area contributed by atoms with Gasteiger partial charge in [-0.1, -0.05) is 48.0 Å². The van der Waals surface area contributed by atoms with Gasteiger partial charge in [-0.2, -0.15) is 0 Å². The van der Waals surface area contributed by atoms with Crippen molar-refractivity contribution in [2.45, 2.75) is 13.8 Å². The smallest absolute Gasteiger partial charge is 0.256 e. The summed E-state index contributed by atoms with van der Waals surface area (Å²) < 4.78 is 0.860. The van der Waals surface area contributed by atoms with Crippen LogP contribution in [0.25, 0.3) is 22.2 Å². The van der Waals surface area contributed by atoms with Gasteiger partial charge in [0.1, 0.15) is 0 Å². The average Bonchev–Trinajstić information content (AvgIpc) is 2.70. The third-order valence-corrected chi connectivity index (χ3v) is 5.31. The summed E-state index contributed by atoms with van der Waals surface area (Å²) in [5.74, 6) is -0.153. The van der Waals surface area contributed by atoms with Crippen LogP contribution in [0.3, 0.4) is 0 Å². The summed E-state index contributed by atoms with van der Waals surface area (Å²) in [4.78, 5) is 18.0. The van der Waals surface area contributed by atoms with E-state index in [1.165, 1.54) is 0 Å². The minimum absolute atomic E-state index is 0.153. The van der Waals surface area contributed by atoms with Gasteiger partial charge in [0.15, 0.2) is 0 Å². The van der Waals surface area contributed by atoms with Gasteiger partial charge in [-0.05, 0) is 65.7 Å². The van der Waals surface area contributed by atoms with Crippen LogP contribution >= 0.6 is 15.9 Å². The second kappa shape index (κ2) is 7.56. The van der Waals surface area contributed by atoms with Crippen LogP contribution in [0, 0.1) is 13.8 Å². The van der Waals surface area contributed by atoms with Crippen molar-refractivity contribution in [1.82, 2.24) is 4.98 Å². The van der Waals surface area contributed by atoms with Crippen molar-refractivity contribution in [3.05, 3.63) is 94.0 Å². The summed E-state index contributed by atoms with van der Waals surface area (Å²) >= 11 is 3.53. The number of nitrogens with zero attached hydrogens (tertiary/aromatic N) is 1. The molecule has 1 N–H and O–H groups in total. The van der Waals surface area contributed by atoms with Gasteiger partial charge in [0, 0.05) is 15.4 Å². The highest BCUT2D eigenvalue weighted by Crippen LogP contribution is 2.28. The Morgan fingerprint density at radius 3 is 2.36 bits per heavy atom. The molecule has 0 aliphatic heterocycles. The van der Waals surface area contributed by atoms with Crippen molar-refractivity contribution in [1.29, 1.82) is 0 Å². The van der Waals surface area contributed by atoms with E-state index in [0.717, 1.165) is 43.4 Å². The molecule has 0 saturated heterocycles. The van der Waals surface area contributed by atoms with Gasteiger partial charge in [0.25, 0.3) is 5.91 Å². The van der Waals surface area contributed by atoms with Crippen molar-refractivity contribution < 1.29 is 4.79 Å². The summed E-state index contributed by atoms with van der Waals surface area (Å²) in [7, 11) is 0. The summed E-state index contributed by atoms with van der Waals surface area (Å²) in [6.45, 7) is 4.03. The fraction of sp³-hybridized carbons (Fsp3) is 0.0833. The number of benzene rings is 3. The molecule has 3 nitrogen and oxygen atoms in total. The van der Waals surface area contributed by atoms with Gasteiger partial charge in [-0.25, -0.2) is 4.98 Å². The lowest BCUT2D eigenvalue weighted by Crippen LogP contribution is -2.13. The number of hydrogen-bond acceptors (Lipinski definition) is 2. The molecule has 138 valence electrons. The van der Waals surface area contributed by atoms with E-state index in [0.29, 0.717) is 5.56 Å². The SMILES string of the molecule is Cc1ccc(NC(=O)c2cc(-c3ccccc3)nc3ccc(C)cc23)c(Br)c1. The standard InChI is InChI=1S/C24H19BrN2O/c1-15-8-10-21-18(12-15)19(14-23(26-21)17-6-4-3-5-7-17)24(28)27-22-11-9-16(2)13-20(22)25/h3-14H,1-2H3,(H,27,28). The van der Waals surface area contributed by atoms with Gasteiger partial charge < -0.3 is 5.32 Å². The lowest BCUT2D eigenvalue weighted by atomic mass is 10.0. The highest BCUT2D eigenvalue weighted by atomic mass is 79.9. The zero-order valence-corrected chi connectivity index (χ0v) is 17.2. The zero-order valence-electron chi connectivity index (χ0n) is 15.7. The van der Waals surface area contributed by atoms with E-state index in [4.69, 9.17) is 4.98 Å². The maximum atomic E-state index is 13.2. The molecule has 4 rings (SSSR count). The van der Waals surface area contributed by atoms with Crippen molar-refractivity contribution in [3.63, 3.8) is 0 Å². The van der Waals surface area contributed by atoms with Crippen LogP contribution in [-0.4, -0.2) is 10.9 Å². The molecule has 0 unspecified atom stereocenters. The fourth-order valence-electron chi connectivity index (χ4n) is 3.20. The number of aromatic nitrogens is 1. The number of amides is 1. The first-order valence-electron chi connectivity index (χ1n) is 9.05. The number of halogens is 1. The molecule has 0 radical (unpaired) electrons. The largest absolute Gasteiger partial charge is 0.321 e. The molecule has 4 heteroatoms. The van der Waals surface area contributed by atoms with E-state index >= 15 is 0 Å². The van der Waals surface area contributed by atoms with E-state index < -0.39 is 0 Å². The Bertz CT molecular complexity index is 1190. The number of rotatable bonds is 3. The lowest BCUT2D eigenvalue weighted by molar-refractivity contribution is 0.102. The van der Waals surface area contributed by atoms with E-state index in [9.17, 15) is 4.79 Å². The van der Waals surface area contributed by atoms with Crippen molar-refractivity contribution >= 4 is 38.4 Å². The minimum atomic E-state index is -0.153. The second-order valence-corrected chi connectivity index (χ2v) is 7.73. The molecule has 0 atom stereocenters. The van der Waals surface area contributed by atoms with Crippen LogP contribution in [-0.2, 0) is 0 Å². The van der Waals surface area contributed by atoms with Crippen LogP contribution in [0.15, 0.2) is 77.3 Å². The number of hydrogen-bond donors (Lipinski definition) is 1. The van der Waals surface area contributed by atoms with Gasteiger partial charge in [-0.3, -0.25) is 4.79 Å². The van der Waals surface area contributed by atoms with Crippen molar-refractivity contribution in [2.75, 3.05) is 5.32 Å². The summed E-state index contributed by atoms with van der Waals surface area (Å²) in [5, 5.41) is 3.88. The topological polar surface area (TPSA) is 42.0 Å². The van der Waals surface area contributed by atoms with Crippen LogP contribution in [0.4, 0.5) is 5.69 Å². The number of carbonyl (C=O) groups is 1. The molecular formula is C24H19BrN2O. The molecule has 0 fully saturated rings. The van der Waals surface area contributed by atoms with E-state index in [2.05, 4.69) is 21.2 Å². The number of carbonyl (C=O) groups excluding carboxylic acids is 1. The number of nitrogens with one attached hydrogen (secondary N) is 1. The maximum absolute atomic E-state index is 13.2. The Labute approximate surface area is 172 Å². The number of pyridine rings is 1. The van der Waals surface area contributed by atoms with E-state index in [1.807, 2.05) is 86.6 Å². The van der Waals surface area contributed by atoms with Gasteiger partial charge in [-0.15, -0.1) is 0 Å². The Kier molecular flexibility index (Phi) is 4.97. The predicted molar refractivity (Wildman–Crippen MR) is 119 cm³/mol. The fourth-order valence-corrected chi connectivity index (χ4v) is 3.79. The minimum Gasteiger partial charge on any atom is -0.321 e. The Hall–Kier alpha value is -2.98. The molecule has 0 saturated carbocycles. The lowest BCUT2D eigenvalue weighted by Gasteiger charge is -2.12. The first-order valence-corrected chi connectivity index (χ1v) is 9.85. The normalized spacial score (nSPS) is 10.8. The quantitative estimate of drug-likeness (QED) is 0.401. The van der Waals surface area contributed by atoms with Gasteiger partial charge in [0.05, 0.1) is 22.5 Å². The monoisotopic (exact) mass is 430 g/mol. The molecule has 3 aromatic carbocycles. The number of fused-ring (bicyclic) bond motifs is 1. The third kappa shape index (κ3) is 3.69. The summed E-state index contributed by atoms with van der Waals surface area (Å²) in [5.41, 5.74) is 6.14. The van der Waals surface area contributed by atoms with Crippen LogP contribution < -0.4 is 5.32 Å². The number of aryl methyl sites for hydroxylation is 2. The predicted octanol–water partition coefficient (Wildman–Crippen LogP) is 6.53. The molecule has 0 aliphatic carbocycles. The Morgan fingerprint density at radius 2 is 1.61 bits per heavy atom. The van der Waals surface area contributed by atoms with Gasteiger partial charge >= 0.3 is 0 Å². The van der Waals surface area contributed by atoms with Crippen molar-refractivity contribution in [3.8, 4) is 11.3 Å². The molecule has 0 spiro atoms. The van der Waals surface area contributed by atoms with Gasteiger partial charge in [0.2, 0.25) is 0 Å². The number of anilines is 1. The molecule has 28 heavy (non-hydrogen) atoms. The molecule has 1 amide bonds. The van der Waals surface area contributed by atoms with Crippen LogP contribution in [0.5, 0.6) is 0 Å². The second-order valence-electron chi connectivity index (χ2n) is 6.88. The molecule has 4 aromatic rings. The molecule has 0 bridgehead atoms. The highest BCUT2D eigenvalue weighted by Gasteiger charge is 2.15. The molecular weight excluding hydrogens is 412 g/mol. The first-order chi connectivity index (χ1) is 13.5. The van der Waals surface area contributed by atoms with Crippen molar-refractivity contribution in [2.24, 2.45) is 0 Å². The first kappa shape index (κ1) is 18.4. The molecule has 1 aromatic heterocycles. The van der Waals surface area contributed by atoms with Crippen LogP contribution in [0.1, 0.15) is 21.5 Å². The Morgan fingerprint density at radius 1 is 0.893 bits per heavy atom. The zero-order chi connectivity index (χ0) is 19.7. The molecule has 1 heterocycles. The summed E-state index contributed by atoms with van der Waals surface area (Å²) in [6, 6.07) is 23.6. The average molecular weight is 431 g/mol. The summed E-state index contributed by atoms with van der Waals surface area (Å²) in [6.07, 6.45) is 0. The third-order valence-electron chi connectivity index (χ3n) is 4.65.